The topological polar surface area (TPSA) is 60.7 Å². The Bertz CT molecular complexity index is 517. The molecule has 0 saturated carbocycles. The van der Waals surface area contributed by atoms with Gasteiger partial charge in [-0.25, -0.2) is 14.6 Å². The van der Waals surface area contributed by atoms with Gasteiger partial charge < -0.3 is 0 Å². The van der Waals surface area contributed by atoms with Crippen molar-refractivity contribution in [2.45, 2.75) is 19.9 Å². The molecular formula is C9H10N4O. The summed E-state index contributed by atoms with van der Waals surface area (Å²) >= 11 is 0. The zero-order valence-electron chi connectivity index (χ0n) is 8.01. The van der Waals surface area contributed by atoms with Gasteiger partial charge in [0.1, 0.15) is 6.33 Å². The van der Waals surface area contributed by atoms with Crippen LogP contribution in [0.4, 0.5) is 0 Å². The molecule has 5 heteroatoms. The third-order valence-corrected chi connectivity index (χ3v) is 1.98. The van der Waals surface area contributed by atoms with Gasteiger partial charge >= 0.3 is 0 Å². The highest BCUT2D eigenvalue weighted by Gasteiger charge is 2.06. The fourth-order valence-corrected chi connectivity index (χ4v) is 1.27. The van der Waals surface area contributed by atoms with Gasteiger partial charge in [-0.05, 0) is 13.8 Å². The zero-order valence-corrected chi connectivity index (χ0v) is 8.01. The Morgan fingerprint density at radius 3 is 2.86 bits per heavy atom. The van der Waals surface area contributed by atoms with Gasteiger partial charge in [-0.3, -0.25) is 4.79 Å². The molecule has 0 amide bonds. The summed E-state index contributed by atoms with van der Waals surface area (Å²) in [6, 6.07) is 0.0482. The molecule has 72 valence electrons. The molecule has 0 aliphatic rings. The van der Waals surface area contributed by atoms with Crippen molar-refractivity contribution in [1.82, 2.24) is 19.7 Å². The van der Waals surface area contributed by atoms with E-state index in [0.29, 0.717) is 10.9 Å². The summed E-state index contributed by atoms with van der Waals surface area (Å²) in [5.74, 6) is 0. The van der Waals surface area contributed by atoms with Gasteiger partial charge in [0.15, 0.2) is 0 Å². The molecule has 2 aromatic heterocycles. The highest BCUT2D eigenvalue weighted by atomic mass is 16.1. The zero-order chi connectivity index (χ0) is 10.1. The minimum Gasteiger partial charge on any atom is -0.267 e. The first-order valence-corrected chi connectivity index (χ1v) is 4.37. The average molecular weight is 190 g/mol. The molecule has 5 nitrogen and oxygen atoms in total. The standard InChI is InChI=1S/C9H10N4O/c1-6(2)13-9(14)7-3-10-5-11-8(7)4-12-13/h3-6H,1-2H3. The summed E-state index contributed by atoms with van der Waals surface area (Å²) in [7, 11) is 0. The molecule has 0 radical (unpaired) electrons. The second-order valence-corrected chi connectivity index (χ2v) is 3.31. The highest BCUT2D eigenvalue weighted by Crippen LogP contribution is 2.03. The second kappa shape index (κ2) is 3.17. The van der Waals surface area contributed by atoms with Crippen LogP contribution >= 0.6 is 0 Å². The number of aromatic nitrogens is 4. The summed E-state index contributed by atoms with van der Waals surface area (Å²) in [6.45, 7) is 3.81. The quantitative estimate of drug-likeness (QED) is 0.666. The lowest BCUT2D eigenvalue weighted by Crippen LogP contribution is -2.24. The molecule has 0 aliphatic carbocycles. The Morgan fingerprint density at radius 2 is 2.14 bits per heavy atom. The number of nitrogens with zero attached hydrogens (tertiary/aromatic N) is 4. The van der Waals surface area contributed by atoms with E-state index in [-0.39, 0.29) is 11.6 Å². The first-order chi connectivity index (χ1) is 6.70. The molecule has 2 rings (SSSR count). The van der Waals surface area contributed by atoms with Crippen LogP contribution in [0, 0.1) is 0 Å². The first-order valence-electron chi connectivity index (χ1n) is 4.37. The highest BCUT2D eigenvalue weighted by molar-refractivity contribution is 5.74. The van der Waals surface area contributed by atoms with Crippen LogP contribution in [0.2, 0.25) is 0 Å². The van der Waals surface area contributed by atoms with E-state index < -0.39 is 0 Å². The maximum atomic E-state index is 11.8. The van der Waals surface area contributed by atoms with Gasteiger partial charge in [-0.15, -0.1) is 0 Å². The van der Waals surface area contributed by atoms with Crippen molar-refractivity contribution in [3.8, 4) is 0 Å². The Labute approximate surface area is 80.4 Å². The third-order valence-electron chi connectivity index (χ3n) is 1.98. The predicted molar refractivity (Wildman–Crippen MR) is 52.0 cm³/mol. The van der Waals surface area contributed by atoms with E-state index in [2.05, 4.69) is 15.1 Å². The number of hydrogen-bond donors (Lipinski definition) is 0. The van der Waals surface area contributed by atoms with E-state index in [4.69, 9.17) is 0 Å². The lowest BCUT2D eigenvalue weighted by atomic mass is 10.3. The van der Waals surface area contributed by atoms with Gasteiger partial charge in [0.05, 0.1) is 23.1 Å². The van der Waals surface area contributed by atoms with Crippen LogP contribution < -0.4 is 5.56 Å². The predicted octanol–water partition coefficient (Wildman–Crippen LogP) is 0.767. The molecule has 0 saturated heterocycles. The van der Waals surface area contributed by atoms with E-state index in [1.165, 1.54) is 17.2 Å². The van der Waals surface area contributed by atoms with Gasteiger partial charge in [-0.2, -0.15) is 5.10 Å². The largest absolute Gasteiger partial charge is 0.278 e. The molecular weight excluding hydrogens is 180 g/mol. The smallest absolute Gasteiger partial charge is 0.267 e. The number of rotatable bonds is 1. The van der Waals surface area contributed by atoms with Crippen LogP contribution in [-0.4, -0.2) is 19.7 Å². The summed E-state index contributed by atoms with van der Waals surface area (Å²) in [4.78, 5) is 19.6. The molecule has 2 heterocycles. The van der Waals surface area contributed by atoms with Gasteiger partial charge in [0, 0.05) is 6.20 Å². The number of hydrogen-bond acceptors (Lipinski definition) is 4. The minimum absolute atomic E-state index is 0.0482. The van der Waals surface area contributed by atoms with Gasteiger partial charge in [0.2, 0.25) is 0 Å². The van der Waals surface area contributed by atoms with Crippen LogP contribution in [0.1, 0.15) is 19.9 Å². The Hall–Kier alpha value is -1.78. The maximum absolute atomic E-state index is 11.8. The van der Waals surface area contributed by atoms with E-state index in [9.17, 15) is 4.79 Å². The SMILES string of the molecule is CC(C)n1ncc2ncncc2c1=O. The van der Waals surface area contributed by atoms with Gasteiger partial charge in [0.25, 0.3) is 5.56 Å². The molecule has 14 heavy (non-hydrogen) atoms. The Balaban J connectivity index is 2.82. The monoisotopic (exact) mass is 190 g/mol. The van der Waals surface area contributed by atoms with Crippen molar-refractivity contribution in [3.63, 3.8) is 0 Å². The average Bonchev–Trinajstić information content (AvgIpc) is 2.18. The van der Waals surface area contributed by atoms with E-state index in [0.717, 1.165) is 0 Å². The molecule has 0 spiro atoms. The van der Waals surface area contributed by atoms with Crippen molar-refractivity contribution >= 4 is 10.9 Å². The van der Waals surface area contributed by atoms with Crippen molar-refractivity contribution in [2.75, 3.05) is 0 Å². The maximum Gasteiger partial charge on any atom is 0.278 e. The van der Waals surface area contributed by atoms with E-state index in [1.807, 2.05) is 13.8 Å². The van der Waals surface area contributed by atoms with Crippen LogP contribution in [0.3, 0.4) is 0 Å². The lowest BCUT2D eigenvalue weighted by molar-refractivity contribution is 0.507. The normalized spacial score (nSPS) is 11.1. The molecule has 0 fully saturated rings. The van der Waals surface area contributed by atoms with Crippen LogP contribution in [0.15, 0.2) is 23.5 Å². The third kappa shape index (κ3) is 1.26. The minimum atomic E-state index is -0.141. The lowest BCUT2D eigenvalue weighted by Gasteiger charge is -2.07. The Kier molecular flexibility index (Phi) is 1.99. The molecule has 0 bridgehead atoms. The van der Waals surface area contributed by atoms with Crippen molar-refractivity contribution < 1.29 is 0 Å². The molecule has 0 N–H and O–H groups in total. The summed E-state index contributed by atoms with van der Waals surface area (Å²) in [6.07, 6.45) is 4.51. The van der Waals surface area contributed by atoms with Crippen LogP contribution in [0.25, 0.3) is 10.9 Å². The molecule has 0 atom stereocenters. The van der Waals surface area contributed by atoms with Crippen molar-refractivity contribution in [2.24, 2.45) is 0 Å². The molecule has 0 aliphatic heterocycles. The second-order valence-electron chi connectivity index (χ2n) is 3.31. The Morgan fingerprint density at radius 1 is 1.36 bits per heavy atom. The van der Waals surface area contributed by atoms with E-state index in [1.54, 1.807) is 6.20 Å². The summed E-state index contributed by atoms with van der Waals surface area (Å²) < 4.78 is 1.42. The van der Waals surface area contributed by atoms with Gasteiger partial charge in [-0.1, -0.05) is 0 Å². The fraction of sp³-hybridized carbons (Fsp3) is 0.333. The van der Waals surface area contributed by atoms with Crippen molar-refractivity contribution in [1.29, 1.82) is 0 Å². The van der Waals surface area contributed by atoms with E-state index >= 15 is 0 Å². The van der Waals surface area contributed by atoms with Crippen LogP contribution in [0.5, 0.6) is 0 Å². The number of fused-ring (bicyclic) bond motifs is 1. The first kappa shape index (κ1) is 8.80. The van der Waals surface area contributed by atoms with Crippen LogP contribution in [-0.2, 0) is 0 Å². The summed E-state index contributed by atoms with van der Waals surface area (Å²) in [5, 5.41) is 4.53. The summed E-state index contributed by atoms with van der Waals surface area (Å²) in [5.41, 5.74) is 0.444. The fourth-order valence-electron chi connectivity index (χ4n) is 1.27. The molecule has 0 unspecified atom stereocenters. The molecule has 0 aromatic carbocycles. The molecule has 2 aromatic rings. The van der Waals surface area contributed by atoms with Crippen molar-refractivity contribution in [3.05, 3.63) is 29.1 Å².